The van der Waals surface area contributed by atoms with Gasteiger partial charge in [-0.1, -0.05) is 39.0 Å². The number of anilines is 2. The van der Waals surface area contributed by atoms with E-state index in [0.29, 0.717) is 58.5 Å². The zero-order chi connectivity index (χ0) is 30.4. The number of hydrazine groups is 2. The van der Waals surface area contributed by atoms with Gasteiger partial charge in [0.1, 0.15) is 17.7 Å². The molecule has 1 atom stereocenters. The van der Waals surface area contributed by atoms with Gasteiger partial charge in [0.25, 0.3) is 6.43 Å². The molecule has 0 bridgehead atoms. The molecule has 6 rings (SSSR count). The number of rotatable bonds is 8. The van der Waals surface area contributed by atoms with Crippen molar-refractivity contribution in [3.05, 3.63) is 83.4 Å². The third kappa shape index (κ3) is 5.36. The minimum atomic E-state index is -2.51. The first kappa shape index (κ1) is 28.1. The second kappa shape index (κ2) is 10.7. The molecule has 0 unspecified atom stereocenters. The molecule has 2 aromatic heterocycles. The number of pyridine rings is 2. The topological polar surface area (TPSA) is 125 Å². The van der Waals surface area contributed by atoms with E-state index < -0.39 is 18.0 Å². The van der Waals surface area contributed by atoms with Crippen molar-refractivity contribution >= 4 is 33.2 Å². The largest absolute Gasteiger partial charge is 0.383 e. The fourth-order valence-corrected chi connectivity index (χ4v) is 5.28. The van der Waals surface area contributed by atoms with E-state index in [4.69, 9.17) is 0 Å². The molecule has 0 amide bonds. The summed E-state index contributed by atoms with van der Waals surface area (Å²) in [6, 6.07) is 17.2. The predicted octanol–water partition coefficient (Wildman–Crippen LogP) is 6.10. The Balaban J connectivity index is 1.46. The Labute approximate surface area is 248 Å². The number of fused-ring (bicyclic) bond motifs is 2. The van der Waals surface area contributed by atoms with Crippen LogP contribution in [0.25, 0.3) is 21.8 Å². The molecular weight excluding hydrogens is 548 g/mol. The normalized spacial score (nSPS) is 16.4. The van der Waals surface area contributed by atoms with Gasteiger partial charge in [-0.15, -0.1) is 5.53 Å². The lowest BCUT2D eigenvalue weighted by molar-refractivity contribution is 0.00911. The maximum absolute atomic E-state index is 13.9. The van der Waals surface area contributed by atoms with Crippen LogP contribution in [0.4, 0.5) is 20.2 Å². The minimum absolute atomic E-state index is 0.0674. The molecule has 11 heteroatoms. The van der Waals surface area contributed by atoms with Crippen LogP contribution >= 0.6 is 0 Å². The van der Waals surface area contributed by atoms with Crippen LogP contribution in [0.3, 0.4) is 0 Å². The van der Waals surface area contributed by atoms with Crippen molar-refractivity contribution in [2.24, 2.45) is 5.41 Å². The van der Waals surface area contributed by atoms with Crippen molar-refractivity contribution in [2.45, 2.75) is 51.6 Å². The van der Waals surface area contributed by atoms with Gasteiger partial charge in [-0.2, -0.15) is 10.5 Å². The van der Waals surface area contributed by atoms with E-state index in [1.165, 1.54) is 11.2 Å². The Hall–Kier alpha value is -5.00. The molecule has 43 heavy (non-hydrogen) atoms. The van der Waals surface area contributed by atoms with E-state index in [1.54, 1.807) is 18.5 Å². The van der Waals surface area contributed by atoms with Crippen molar-refractivity contribution in [3.8, 4) is 12.1 Å². The lowest BCUT2D eigenvalue weighted by atomic mass is 9.96. The molecular formula is C32H31F2N9. The van der Waals surface area contributed by atoms with Crippen LogP contribution in [-0.2, 0) is 0 Å². The summed E-state index contributed by atoms with van der Waals surface area (Å²) in [6.45, 7) is 6.86. The monoisotopic (exact) mass is 579 g/mol. The molecule has 1 aliphatic carbocycles. The van der Waals surface area contributed by atoms with Gasteiger partial charge < -0.3 is 16.1 Å². The lowest BCUT2D eigenvalue weighted by Crippen LogP contribution is -2.48. The number of benzene rings is 2. The van der Waals surface area contributed by atoms with Gasteiger partial charge in [-0.05, 0) is 48.1 Å². The van der Waals surface area contributed by atoms with Gasteiger partial charge in [0.2, 0.25) is 0 Å². The highest BCUT2D eigenvalue weighted by Crippen LogP contribution is 2.47. The van der Waals surface area contributed by atoms with Gasteiger partial charge in [-0.25, -0.2) is 8.78 Å². The maximum atomic E-state index is 13.9. The zero-order valence-corrected chi connectivity index (χ0v) is 24.0. The van der Waals surface area contributed by atoms with E-state index in [9.17, 15) is 19.3 Å². The summed E-state index contributed by atoms with van der Waals surface area (Å²) in [5.41, 5.74) is 9.34. The Bertz CT molecular complexity index is 1830. The Morgan fingerprint density at radius 2 is 1.86 bits per heavy atom. The molecule has 1 fully saturated rings. The van der Waals surface area contributed by atoms with Gasteiger partial charge in [0, 0.05) is 41.6 Å². The summed E-state index contributed by atoms with van der Waals surface area (Å²) in [5, 5.41) is 29.9. The van der Waals surface area contributed by atoms with E-state index in [1.807, 2.05) is 36.4 Å². The molecule has 3 heterocycles. The lowest BCUT2D eigenvalue weighted by Gasteiger charge is -2.25. The molecule has 4 aromatic rings. The summed E-state index contributed by atoms with van der Waals surface area (Å²) in [4.78, 5) is 8.95. The first-order valence-corrected chi connectivity index (χ1v) is 14.0. The van der Waals surface area contributed by atoms with Crippen molar-refractivity contribution in [1.29, 1.82) is 10.5 Å². The number of hydrogen-bond acceptors (Lipinski definition) is 9. The molecule has 218 valence electrons. The van der Waals surface area contributed by atoms with Crippen molar-refractivity contribution in [1.82, 2.24) is 25.9 Å². The van der Waals surface area contributed by atoms with Crippen molar-refractivity contribution < 1.29 is 8.78 Å². The second-order valence-corrected chi connectivity index (χ2v) is 12.2. The molecule has 4 N–H and O–H groups in total. The quantitative estimate of drug-likeness (QED) is 0.196. The molecule has 0 saturated heterocycles. The van der Waals surface area contributed by atoms with Crippen LogP contribution in [0, 0.1) is 28.1 Å². The number of aromatic nitrogens is 2. The molecule has 1 aliphatic heterocycles. The van der Waals surface area contributed by atoms with Gasteiger partial charge in [0.15, 0.2) is 0 Å². The molecule has 0 spiro atoms. The maximum Gasteiger partial charge on any atom is 0.262 e. The number of nitriles is 2. The van der Waals surface area contributed by atoms with Crippen LogP contribution in [-0.4, -0.2) is 33.5 Å². The fraction of sp³-hybridized carbons (Fsp3) is 0.312. The minimum Gasteiger partial charge on any atom is -0.383 e. The first-order chi connectivity index (χ1) is 20.6. The number of halogens is 2. The zero-order valence-electron chi connectivity index (χ0n) is 24.0. The van der Waals surface area contributed by atoms with Crippen LogP contribution < -0.4 is 21.6 Å². The Morgan fingerprint density at radius 3 is 2.56 bits per heavy atom. The van der Waals surface area contributed by atoms with Crippen molar-refractivity contribution in [3.63, 3.8) is 0 Å². The van der Waals surface area contributed by atoms with E-state index in [-0.39, 0.29) is 5.41 Å². The highest BCUT2D eigenvalue weighted by molar-refractivity contribution is 5.99. The third-order valence-corrected chi connectivity index (χ3v) is 7.83. The summed E-state index contributed by atoms with van der Waals surface area (Å²) < 4.78 is 27.9. The average Bonchev–Trinajstić information content (AvgIpc) is 3.67. The van der Waals surface area contributed by atoms with E-state index in [2.05, 4.69) is 64.5 Å². The number of nitrogens with zero attached hydrogens (tertiary/aromatic N) is 5. The number of hydrogen-bond donors (Lipinski definition) is 4. The smallest absolute Gasteiger partial charge is 0.262 e. The van der Waals surface area contributed by atoms with Gasteiger partial charge in [0.05, 0.1) is 39.6 Å². The van der Waals surface area contributed by atoms with Crippen molar-refractivity contribution in [2.75, 3.05) is 17.2 Å². The SMILES string of the molecule is CC(C)(C)CNc1c(C#N)cnc2c(C#N)cc(N[C@H](C3=CN(C4(C(F)F)CC4)NN3)c3ccc4cccnc4c3)cc12. The van der Waals surface area contributed by atoms with Crippen LogP contribution in [0.2, 0.25) is 0 Å². The fourth-order valence-electron chi connectivity index (χ4n) is 5.28. The van der Waals surface area contributed by atoms with Gasteiger partial charge in [-0.3, -0.25) is 15.0 Å². The first-order valence-electron chi connectivity index (χ1n) is 14.0. The molecule has 0 radical (unpaired) electrons. The average molecular weight is 580 g/mol. The molecule has 2 aliphatic rings. The summed E-state index contributed by atoms with van der Waals surface area (Å²) >= 11 is 0. The van der Waals surface area contributed by atoms with Crippen LogP contribution in [0.1, 0.15) is 56.3 Å². The van der Waals surface area contributed by atoms with Crippen LogP contribution in [0.15, 0.2) is 66.8 Å². The number of alkyl halides is 2. The third-order valence-electron chi connectivity index (χ3n) is 7.83. The summed E-state index contributed by atoms with van der Waals surface area (Å²) in [5.74, 6) is 0. The highest BCUT2D eigenvalue weighted by atomic mass is 19.3. The summed E-state index contributed by atoms with van der Waals surface area (Å²) in [6.07, 6.45) is 3.14. The Morgan fingerprint density at radius 1 is 1.07 bits per heavy atom. The molecule has 1 saturated carbocycles. The van der Waals surface area contributed by atoms with E-state index in [0.717, 1.165) is 16.5 Å². The van der Waals surface area contributed by atoms with E-state index >= 15 is 0 Å². The Kier molecular flexibility index (Phi) is 6.99. The molecule has 9 nitrogen and oxygen atoms in total. The number of nitrogens with one attached hydrogen (secondary N) is 4. The predicted molar refractivity (Wildman–Crippen MR) is 161 cm³/mol. The van der Waals surface area contributed by atoms with Crippen LogP contribution in [0.5, 0.6) is 0 Å². The highest BCUT2D eigenvalue weighted by Gasteiger charge is 2.56. The standard InChI is InChI=1S/C32H31F2N9/c1-31(2,3)18-39-28-22(15-36)16-38-27-21(14-35)11-23(13-24(27)28)40-29(20-7-6-19-5-4-10-37-25(19)12-20)26-17-43(42-41-26)32(8-9-32)30(33)34/h4-7,10-13,16-17,29-30,40-42H,8-9,18H2,1-3H3,(H,38,39)/t29-/m0/s1. The summed E-state index contributed by atoms with van der Waals surface area (Å²) in [7, 11) is 0. The second-order valence-electron chi connectivity index (χ2n) is 12.2. The molecule has 2 aromatic carbocycles. The van der Waals surface area contributed by atoms with Gasteiger partial charge >= 0.3 is 0 Å².